The molecule has 18 heavy (non-hydrogen) atoms. The van der Waals surface area contributed by atoms with E-state index in [1.54, 1.807) is 25.9 Å². The van der Waals surface area contributed by atoms with Crippen molar-refractivity contribution in [1.82, 2.24) is 15.5 Å². The molecule has 106 valence electrons. The minimum Gasteiger partial charge on any atom is -0.344 e. The number of amides is 2. The molecule has 2 amide bonds. The Labute approximate surface area is 110 Å². The largest absolute Gasteiger partial charge is 0.344 e. The summed E-state index contributed by atoms with van der Waals surface area (Å²) in [5, 5.41) is 5.70. The molecule has 0 aliphatic rings. The van der Waals surface area contributed by atoms with Crippen molar-refractivity contribution in [2.45, 2.75) is 46.7 Å². The van der Waals surface area contributed by atoms with Crippen molar-refractivity contribution < 1.29 is 9.59 Å². The fourth-order valence-corrected chi connectivity index (χ4v) is 1.42. The van der Waals surface area contributed by atoms with Crippen molar-refractivity contribution in [2.75, 3.05) is 20.6 Å². The van der Waals surface area contributed by atoms with Crippen LogP contribution < -0.4 is 10.6 Å². The summed E-state index contributed by atoms with van der Waals surface area (Å²) in [6.07, 6.45) is 0. The first-order valence-corrected chi connectivity index (χ1v) is 6.37. The number of carbonyl (C=O) groups is 2. The van der Waals surface area contributed by atoms with Gasteiger partial charge in [-0.25, -0.2) is 0 Å². The van der Waals surface area contributed by atoms with Gasteiger partial charge in [-0.1, -0.05) is 20.8 Å². The number of nitrogens with one attached hydrogen (secondary N) is 2. The van der Waals surface area contributed by atoms with Crippen molar-refractivity contribution >= 4 is 11.8 Å². The van der Waals surface area contributed by atoms with E-state index in [-0.39, 0.29) is 23.3 Å². The first kappa shape index (κ1) is 16.9. The summed E-state index contributed by atoms with van der Waals surface area (Å²) in [5.74, 6) is -0.211. The highest BCUT2D eigenvalue weighted by atomic mass is 16.2. The molecule has 0 saturated heterocycles. The van der Waals surface area contributed by atoms with Crippen LogP contribution in [0.1, 0.15) is 34.6 Å². The predicted octanol–water partition coefficient (Wildman–Crippen LogP) is 0.604. The van der Waals surface area contributed by atoms with Gasteiger partial charge in [0.05, 0.1) is 6.04 Å². The maximum absolute atomic E-state index is 12.3. The van der Waals surface area contributed by atoms with E-state index in [9.17, 15) is 9.59 Å². The van der Waals surface area contributed by atoms with E-state index in [1.165, 1.54) is 0 Å². The fourth-order valence-electron chi connectivity index (χ4n) is 1.42. The standard InChI is InChI=1S/C13H27N3O2/c1-8-16(7)12(18)10(13(3,4)5)15-11(17)9(2)14-6/h9-10,14H,8H2,1-7H3,(H,15,17). The summed E-state index contributed by atoms with van der Waals surface area (Å²) < 4.78 is 0. The maximum atomic E-state index is 12.3. The molecule has 5 heteroatoms. The lowest BCUT2D eigenvalue weighted by molar-refractivity contribution is -0.138. The highest BCUT2D eigenvalue weighted by Crippen LogP contribution is 2.21. The fraction of sp³-hybridized carbons (Fsp3) is 0.846. The molecule has 0 aromatic carbocycles. The van der Waals surface area contributed by atoms with Crippen LogP contribution in [-0.2, 0) is 9.59 Å². The quantitative estimate of drug-likeness (QED) is 0.758. The van der Waals surface area contributed by atoms with Gasteiger partial charge in [-0.3, -0.25) is 9.59 Å². The molecular formula is C13H27N3O2. The minimum absolute atomic E-state index is 0.0540. The molecule has 0 fully saturated rings. The van der Waals surface area contributed by atoms with Crippen LogP contribution in [0.15, 0.2) is 0 Å². The molecule has 0 aliphatic carbocycles. The van der Waals surface area contributed by atoms with Crippen molar-refractivity contribution in [1.29, 1.82) is 0 Å². The topological polar surface area (TPSA) is 61.4 Å². The summed E-state index contributed by atoms with van der Waals surface area (Å²) >= 11 is 0. The van der Waals surface area contributed by atoms with E-state index in [2.05, 4.69) is 10.6 Å². The molecule has 2 unspecified atom stereocenters. The van der Waals surface area contributed by atoms with Gasteiger partial charge in [0.1, 0.15) is 6.04 Å². The van der Waals surface area contributed by atoms with Crippen LogP contribution in [0.25, 0.3) is 0 Å². The third-order valence-corrected chi connectivity index (χ3v) is 3.08. The summed E-state index contributed by atoms with van der Waals surface area (Å²) in [5.41, 5.74) is -0.316. The Hall–Kier alpha value is -1.10. The molecule has 2 N–H and O–H groups in total. The predicted molar refractivity (Wildman–Crippen MR) is 73.2 cm³/mol. The van der Waals surface area contributed by atoms with Gasteiger partial charge in [0.25, 0.3) is 0 Å². The van der Waals surface area contributed by atoms with Crippen LogP contribution in [0.3, 0.4) is 0 Å². The van der Waals surface area contributed by atoms with Gasteiger partial charge in [-0.2, -0.15) is 0 Å². The van der Waals surface area contributed by atoms with Crippen molar-refractivity contribution in [3.8, 4) is 0 Å². The van der Waals surface area contributed by atoms with Crippen LogP contribution >= 0.6 is 0 Å². The number of hydrogen-bond acceptors (Lipinski definition) is 3. The average molecular weight is 257 g/mol. The first-order valence-electron chi connectivity index (χ1n) is 6.37. The van der Waals surface area contributed by atoms with Gasteiger partial charge in [0.15, 0.2) is 0 Å². The van der Waals surface area contributed by atoms with Gasteiger partial charge in [0.2, 0.25) is 11.8 Å². The number of nitrogens with zero attached hydrogens (tertiary/aromatic N) is 1. The van der Waals surface area contributed by atoms with Gasteiger partial charge < -0.3 is 15.5 Å². The van der Waals surface area contributed by atoms with Crippen LogP contribution in [0.5, 0.6) is 0 Å². The molecule has 5 nitrogen and oxygen atoms in total. The highest BCUT2D eigenvalue weighted by molar-refractivity contribution is 5.90. The Kier molecular flexibility index (Phi) is 6.32. The molecule has 0 heterocycles. The minimum atomic E-state index is -0.509. The van der Waals surface area contributed by atoms with Crippen LogP contribution in [0.4, 0.5) is 0 Å². The van der Waals surface area contributed by atoms with E-state index < -0.39 is 6.04 Å². The zero-order valence-electron chi connectivity index (χ0n) is 12.6. The van der Waals surface area contributed by atoms with Crippen molar-refractivity contribution in [3.05, 3.63) is 0 Å². The molecular weight excluding hydrogens is 230 g/mol. The van der Waals surface area contributed by atoms with E-state index in [0.717, 1.165) is 0 Å². The second kappa shape index (κ2) is 6.73. The van der Waals surface area contributed by atoms with Crippen molar-refractivity contribution in [2.24, 2.45) is 5.41 Å². The third kappa shape index (κ3) is 4.64. The summed E-state index contributed by atoms with van der Waals surface area (Å²) in [4.78, 5) is 25.8. The first-order chi connectivity index (χ1) is 8.15. The Morgan fingerprint density at radius 2 is 1.78 bits per heavy atom. The molecule has 0 aromatic rings. The molecule has 0 saturated carbocycles. The number of carbonyl (C=O) groups excluding carboxylic acids is 2. The van der Waals surface area contributed by atoms with Crippen LogP contribution in [-0.4, -0.2) is 49.4 Å². The van der Waals surface area contributed by atoms with Crippen LogP contribution in [0, 0.1) is 5.41 Å². The molecule has 0 bridgehead atoms. The Morgan fingerprint density at radius 1 is 1.28 bits per heavy atom. The van der Waals surface area contributed by atoms with E-state index >= 15 is 0 Å². The molecule has 0 rings (SSSR count). The molecule has 0 aromatic heterocycles. The van der Waals surface area contributed by atoms with E-state index in [0.29, 0.717) is 6.54 Å². The summed E-state index contributed by atoms with van der Waals surface area (Å²) in [7, 11) is 3.46. The lowest BCUT2D eigenvalue weighted by atomic mass is 9.85. The normalized spacial score (nSPS) is 14.8. The molecule has 0 radical (unpaired) electrons. The average Bonchev–Trinajstić information content (AvgIpc) is 2.31. The lowest BCUT2D eigenvalue weighted by Crippen LogP contribution is -2.56. The van der Waals surface area contributed by atoms with Gasteiger partial charge >= 0.3 is 0 Å². The summed E-state index contributed by atoms with van der Waals surface area (Å²) in [6, 6.07) is -0.819. The zero-order valence-corrected chi connectivity index (χ0v) is 12.6. The highest BCUT2D eigenvalue weighted by Gasteiger charge is 2.34. The molecule has 0 spiro atoms. The number of rotatable bonds is 5. The Balaban J connectivity index is 4.93. The van der Waals surface area contributed by atoms with E-state index in [1.807, 2.05) is 27.7 Å². The van der Waals surface area contributed by atoms with Gasteiger partial charge in [-0.15, -0.1) is 0 Å². The van der Waals surface area contributed by atoms with Crippen LogP contribution in [0.2, 0.25) is 0 Å². The zero-order chi connectivity index (χ0) is 14.5. The number of likely N-dealkylation sites (N-methyl/N-ethyl adjacent to an activating group) is 2. The number of hydrogen-bond donors (Lipinski definition) is 2. The van der Waals surface area contributed by atoms with Gasteiger partial charge in [0, 0.05) is 13.6 Å². The lowest BCUT2D eigenvalue weighted by Gasteiger charge is -2.33. The molecule has 0 aliphatic heterocycles. The smallest absolute Gasteiger partial charge is 0.245 e. The second-order valence-electron chi connectivity index (χ2n) is 5.67. The van der Waals surface area contributed by atoms with Gasteiger partial charge in [-0.05, 0) is 26.3 Å². The summed E-state index contributed by atoms with van der Waals surface area (Å²) in [6.45, 7) is 10.2. The van der Waals surface area contributed by atoms with E-state index in [4.69, 9.17) is 0 Å². The van der Waals surface area contributed by atoms with Crippen molar-refractivity contribution in [3.63, 3.8) is 0 Å². The monoisotopic (exact) mass is 257 g/mol. The Bertz CT molecular complexity index is 297. The maximum Gasteiger partial charge on any atom is 0.245 e. The second-order valence-corrected chi connectivity index (χ2v) is 5.67. The Morgan fingerprint density at radius 3 is 2.11 bits per heavy atom. The third-order valence-electron chi connectivity index (χ3n) is 3.08. The SMILES string of the molecule is CCN(C)C(=O)C(NC(=O)C(C)NC)C(C)(C)C. The molecule has 2 atom stereocenters.